The van der Waals surface area contributed by atoms with Gasteiger partial charge in [0.05, 0.1) is 5.92 Å². The third-order valence-electron chi connectivity index (χ3n) is 3.85. The number of nitrogens with one attached hydrogen (secondary N) is 2. The van der Waals surface area contributed by atoms with Crippen molar-refractivity contribution in [1.29, 1.82) is 0 Å². The second-order valence-corrected chi connectivity index (χ2v) is 5.42. The van der Waals surface area contributed by atoms with Crippen LogP contribution in [0.1, 0.15) is 30.4 Å². The van der Waals surface area contributed by atoms with E-state index in [0.29, 0.717) is 12.1 Å². The molecular formula is C17H17N3O2. The van der Waals surface area contributed by atoms with E-state index in [0.717, 1.165) is 23.2 Å². The number of nitrogens with zero attached hydrogens (tertiary/aromatic N) is 1. The summed E-state index contributed by atoms with van der Waals surface area (Å²) < 4.78 is 0. The van der Waals surface area contributed by atoms with Gasteiger partial charge >= 0.3 is 0 Å². The molecule has 2 heterocycles. The van der Waals surface area contributed by atoms with E-state index in [1.54, 1.807) is 18.5 Å². The summed E-state index contributed by atoms with van der Waals surface area (Å²) in [4.78, 5) is 27.8. The fraction of sp³-hybridized carbons (Fsp3) is 0.235. The van der Waals surface area contributed by atoms with Gasteiger partial charge in [0.2, 0.25) is 11.8 Å². The Bertz CT molecular complexity index is 713. The van der Waals surface area contributed by atoms with Crippen molar-refractivity contribution >= 4 is 23.2 Å². The number of rotatable bonds is 3. The summed E-state index contributed by atoms with van der Waals surface area (Å²) in [5, 5.41) is 5.72. The smallest absolute Gasteiger partial charge is 0.231 e. The predicted octanol–water partition coefficient (Wildman–Crippen LogP) is 2.71. The number of hydrogen-bond donors (Lipinski definition) is 2. The zero-order valence-electron chi connectivity index (χ0n) is 12.3. The lowest BCUT2D eigenvalue weighted by atomic mass is 10.0. The number of aryl methyl sites for hydroxylation is 1. The summed E-state index contributed by atoms with van der Waals surface area (Å²) in [7, 11) is 0. The number of benzene rings is 1. The molecule has 1 aliphatic rings. The largest absolute Gasteiger partial charge is 0.326 e. The first-order valence-electron chi connectivity index (χ1n) is 7.27. The predicted molar refractivity (Wildman–Crippen MR) is 84.7 cm³/mol. The highest BCUT2D eigenvalue weighted by atomic mass is 16.2. The van der Waals surface area contributed by atoms with E-state index in [9.17, 15) is 9.59 Å². The van der Waals surface area contributed by atoms with E-state index in [1.807, 2.05) is 31.2 Å². The van der Waals surface area contributed by atoms with Crippen molar-refractivity contribution in [3.8, 4) is 0 Å². The lowest BCUT2D eigenvalue weighted by Gasteiger charge is -2.18. The van der Waals surface area contributed by atoms with Gasteiger partial charge in [-0.15, -0.1) is 0 Å². The highest BCUT2D eigenvalue weighted by Crippen LogP contribution is 2.26. The van der Waals surface area contributed by atoms with Crippen LogP contribution in [-0.2, 0) is 16.0 Å². The number of anilines is 2. The number of hydrogen-bond acceptors (Lipinski definition) is 3. The molecule has 2 N–H and O–H groups in total. The zero-order valence-corrected chi connectivity index (χ0v) is 12.3. The quantitative estimate of drug-likeness (QED) is 0.914. The van der Waals surface area contributed by atoms with Gasteiger partial charge in [-0.1, -0.05) is 12.1 Å². The third kappa shape index (κ3) is 2.98. The highest BCUT2D eigenvalue weighted by molar-refractivity contribution is 5.98. The Hall–Kier alpha value is -2.69. The van der Waals surface area contributed by atoms with Gasteiger partial charge in [-0.3, -0.25) is 14.6 Å². The van der Waals surface area contributed by atoms with Crippen LogP contribution in [0.25, 0.3) is 0 Å². The normalized spacial score (nSPS) is 14.7. The highest BCUT2D eigenvalue weighted by Gasteiger charge is 2.18. The van der Waals surface area contributed by atoms with Crippen LogP contribution >= 0.6 is 0 Å². The number of carbonyl (C=O) groups is 2. The average molecular weight is 295 g/mol. The fourth-order valence-electron chi connectivity index (χ4n) is 2.48. The molecule has 2 aromatic rings. The van der Waals surface area contributed by atoms with Gasteiger partial charge < -0.3 is 10.6 Å². The lowest BCUT2D eigenvalue weighted by molar-refractivity contribution is -0.117. The van der Waals surface area contributed by atoms with Crippen molar-refractivity contribution < 1.29 is 9.59 Å². The lowest BCUT2D eigenvalue weighted by Crippen LogP contribution is -2.21. The first kappa shape index (κ1) is 14.3. The summed E-state index contributed by atoms with van der Waals surface area (Å²) >= 11 is 0. The molecule has 5 heteroatoms. The van der Waals surface area contributed by atoms with Crippen molar-refractivity contribution in [1.82, 2.24) is 4.98 Å². The molecular weight excluding hydrogens is 278 g/mol. The van der Waals surface area contributed by atoms with Gasteiger partial charge in [-0.05, 0) is 42.7 Å². The van der Waals surface area contributed by atoms with E-state index in [4.69, 9.17) is 0 Å². The summed E-state index contributed by atoms with van der Waals surface area (Å²) in [6.07, 6.45) is 4.62. The first-order valence-corrected chi connectivity index (χ1v) is 7.27. The van der Waals surface area contributed by atoms with Crippen molar-refractivity contribution in [2.24, 2.45) is 0 Å². The summed E-state index contributed by atoms with van der Waals surface area (Å²) in [5.41, 5.74) is 3.42. The van der Waals surface area contributed by atoms with Crippen LogP contribution in [0.4, 0.5) is 11.4 Å². The van der Waals surface area contributed by atoms with Crippen molar-refractivity contribution in [3.05, 3.63) is 53.9 Å². The van der Waals surface area contributed by atoms with Crippen LogP contribution < -0.4 is 10.6 Å². The zero-order chi connectivity index (χ0) is 15.5. The van der Waals surface area contributed by atoms with Crippen molar-refractivity contribution in [2.75, 3.05) is 10.6 Å². The Morgan fingerprint density at radius 3 is 2.95 bits per heavy atom. The van der Waals surface area contributed by atoms with Crippen LogP contribution in [0.2, 0.25) is 0 Å². The molecule has 0 spiro atoms. The summed E-state index contributed by atoms with van der Waals surface area (Å²) in [6.45, 7) is 1.84. The number of aromatic nitrogens is 1. The first-order chi connectivity index (χ1) is 10.6. The molecule has 0 bridgehead atoms. The van der Waals surface area contributed by atoms with Gasteiger partial charge in [0.15, 0.2) is 0 Å². The van der Waals surface area contributed by atoms with E-state index in [2.05, 4.69) is 15.6 Å². The third-order valence-corrected chi connectivity index (χ3v) is 3.85. The van der Waals surface area contributed by atoms with Gasteiger partial charge in [-0.2, -0.15) is 0 Å². The van der Waals surface area contributed by atoms with Gasteiger partial charge in [0.25, 0.3) is 0 Å². The maximum absolute atomic E-state index is 12.3. The molecule has 3 rings (SSSR count). The van der Waals surface area contributed by atoms with E-state index >= 15 is 0 Å². The topological polar surface area (TPSA) is 71.1 Å². The molecule has 1 unspecified atom stereocenters. The van der Waals surface area contributed by atoms with Crippen molar-refractivity contribution in [3.63, 3.8) is 0 Å². The minimum atomic E-state index is -0.292. The van der Waals surface area contributed by atoms with Gasteiger partial charge in [0.1, 0.15) is 0 Å². The average Bonchev–Trinajstić information content (AvgIpc) is 2.54. The summed E-state index contributed by atoms with van der Waals surface area (Å²) in [6, 6.07) is 9.31. The molecule has 1 atom stereocenters. The molecule has 0 aliphatic carbocycles. The number of fused-ring (bicyclic) bond motifs is 1. The molecule has 0 saturated heterocycles. The Labute approximate surface area is 128 Å². The van der Waals surface area contributed by atoms with Crippen LogP contribution in [0, 0.1) is 0 Å². The van der Waals surface area contributed by atoms with Crippen LogP contribution in [-0.4, -0.2) is 16.8 Å². The second-order valence-electron chi connectivity index (χ2n) is 5.42. The van der Waals surface area contributed by atoms with E-state index < -0.39 is 0 Å². The molecule has 1 aromatic heterocycles. The number of carbonyl (C=O) groups excluding carboxylic acids is 2. The molecule has 0 radical (unpaired) electrons. The molecule has 2 amide bonds. The maximum Gasteiger partial charge on any atom is 0.231 e. The van der Waals surface area contributed by atoms with Crippen molar-refractivity contribution in [2.45, 2.75) is 25.7 Å². The van der Waals surface area contributed by atoms with Gasteiger partial charge in [0, 0.05) is 30.2 Å². The number of amides is 2. The number of pyridine rings is 1. The Balaban J connectivity index is 1.74. The standard InChI is InChI=1S/C17H17N3O2/c1-11(13-3-2-8-18-10-13)17(22)19-14-6-4-12-5-7-16(21)20-15(12)9-14/h2-4,6,8-11H,5,7H2,1H3,(H,19,22)(H,20,21). The van der Waals surface area contributed by atoms with Crippen LogP contribution in [0.5, 0.6) is 0 Å². The minimum Gasteiger partial charge on any atom is -0.326 e. The molecule has 112 valence electrons. The Morgan fingerprint density at radius 2 is 2.18 bits per heavy atom. The Kier molecular flexibility index (Phi) is 3.87. The molecule has 1 aliphatic heterocycles. The second kappa shape index (κ2) is 5.97. The Morgan fingerprint density at radius 1 is 1.32 bits per heavy atom. The maximum atomic E-state index is 12.3. The molecule has 0 fully saturated rings. The van der Waals surface area contributed by atoms with Crippen LogP contribution in [0.3, 0.4) is 0 Å². The van der Waals surface area contributed by atoms with Crippen LogP contribution in [0.15, 0.2) is 42.7 Å². The molecule has 1 aromatic carbocycles. The monoisotopic (exact) mass is 295 g/mol. The molecule has 5 nitrogen and oxygen atoms in total. The summed E-state index contributed by atoms with van der Waals surface area (Å²) in [5.74, 6) is -0.380. The van der Waals surface area contributed by atoms with E-state index in [1.165, 1.54) is 0 Å². The van der Waals surface area contributed by atoms with E-state index in [-0.39, 0.29) is 17.7 Å². The SMILES string of the molecule is CC(C(=O)Nc1ccc2c(c1)NC(=O)CC2)c1cccnc1. The molecule has 22 heavy (non-hydrogen) atoms. The van der Waals surface area contributed by atoms with Gasteiger partial charge in [-0.25, -0.2) is 0 Å². The fourth-order valence-corrected chi connectivity index (χ4v) is 2.48. The minimum absolute atomic E-state index is 0.0136. The molecule has 0 saturated carbocycles.